The predicted octanol–water partition coefficient (Wildman–Crippen LogP) is 3.69. The molecular formula is C21H24N2O3S. The van der Waals surface area contributed by atoms with E-state index in [0.29, 0.717) is 25.7 Å². The minimum atomic E-state index is -3.55. The third-order valence-electron chi connectivity index (χ3n) is 5.33. The summed E-state index contributed by atoms with van der Waals surface area (Å²) in [5, 5.41) is 9.85. The van der Waals surface area contributed by atoms with Gasteiger partial charge >= 0.3 is 0 Å². The van der Waals surface area contributed by atoms with Crippen molar-refractivity contribution in [3.05, 3.63) is 59.7 Å². The number of aryl methyl sites for hydroxylation is 1. The molecule has 0 amide bonds. The second kappa shape index (κ2) is 7.71. The number of methoxy groups -OCH3 is 1. The van der Waals surface area contributed by atoms with Crippen molar-refractivity contribution in [2.24, 2.45) is 0 Å². The number of hydrogen-bond acceptors (Lipinski definition) is 4. The third kappa shape index (κ3) is 4.15. The first-order valence-corrected chi connectivity index (χ1v) is 10.5. The molecule has 0 bridgehead atoms. The average molecular weight is 385 g/mol. The van der Waals surface area contributed by atoms with Crippen LogP contribution in [0.1, 0.15) is 36.8 Å². The van der Waals surface area contributed by atoms with Gasteiger partial charge in [0.25, 0.3) is 0 Å². The van der Waals surface area contributed by atoms with Gasteiger partial charge in [0.1, 0.15) is 5.75 Å². The molecule has 2 aromatic rings. The lowest BCUT2D eigenvalue weighted by Gasteiger charge is -2.35. The summed E-state index contributed by atoms with van der Waals surface area (Å²) in [4.78, 5) is 0.276. The molecule has 1 aliphatic carbocycles. The van der Waals surface area contributed by atoms with Gasteiger partial charge in [-0.05, 0) is 62.4 Å². The van der Waals surface area contributed by atoms with Gasteiger partial charge in [-0.3, -0.25) is 0 Å². The first-order chi connectivity index (χ1) is 12.9. The number of hydrogen-bond donors (Lipinski definition) is 1. The average Bonchev–Trinajstić information content (AvgIpc) is 2.69. The fourth-order valence-corrected chi connectivity index (χ4v) is 4.92. The van der Waals surface area contributed by atoms with Gasteiger partial charge in [-0.15, -0.1) is 0 Å². The van der Waals surface area contributed by atoms with Crippen LogP contribution in [0.2, 0.25) is 0 Å². The van der Waals surface area contributed by atoms with E-state index in [0.717, 1.165) is 16.9 Å². The first-order valence-electron chi connectivity index (χ1n) is 9.03. The van der Waals surface area contributed by atoms with E-state index in [2.05, 4.69) is 10.8 Å². The number of nitrogens with zero attached hydrogens (tertiary/aromatic N) is 1. The molecule has 1 aliphatic rings. The Morgan fingerprint density at radius 3 is 2.41 bits per heavy atom. The molecule has 0 radical (unpaired) electrons. The molecule has 0 saturated heterocycles. The maximum Gasteiger partial charge on any atom is 0.240 e. The SMILES string of the molecule is COc1cccc(C2(C#N)CCC(NS(=O)(=O)c3ccc(C)cc3)CC2)c1. The van der Waals surface area contributed by atoms with Gasteiger partial charge in [-0.1, -0.05) is 29.8 Å². The largest absolute Gasteiger partial charge is 0.497 e. The summed E-state index contributed by atoms with van der Waals surface area (Å²) in [6.45, 7) is 1.92. The van der Waals surface area contributed by atoms with Crippen molar-refractivity contribution in [2.45, 2.75) is 49.0 Å². The Balaban J connectivity index is 1.72. The predicted molar refractivity (Wildman–Crippen MR) is 104 cm³/mol. The molecule has 1 fully saturated rings. The van der Waals surface area contributed by atoms with Gasteiger partial charge in [0.2, 0.25) is 10.0 Å². The van der Waals surface area contributed by atoms with Crippen LogP contribution in [0.25, 0.3) is 0 Å². The highest BCUT2D eigenvalue weighted by Crippen LogP contribution is 2.40. The molecule has 0 aromatic heterocycles. The van der Waals surface area contributed by atoms with Crippen LogP contribution in [0, 0.1) is 18.3 Å². The lowest BCUT2D eigenvalue weighted by atomic mass is 9.69. The van der Waals surface area contributed by atoms with Crippen molar-refractivity contribution in [2.75, 3.05) is 7.11 Å². The normalized spacial score (nSPS) is 22.8. The van der Waals surface area contributed by atoms with Gasteiger partial charge in [-0.25, -0.2) is 13.1 Å². The first kappa shape index (κ1) is 19.4. The molecule has 0 heterocycles. The van der Waals surface area contributed by atoms with E-state index < -0.39 is 15.4 Å². The van der Waals surface area contributed by atoms with Gasteiger partial charge in [0.15, 0.2) is 0 Å². The summed E-state index contributed by atoms with van der Waals surface area (Å²) < 4.78 is 33.3. The second-order valence-corrected chi connectivity index (χ2v) is 8.85. The minimum Gasteiger partial charge on any atom is -0.497 e. The fraction of sp³-hybridized carbons (Fsp3) is 0.381. The van der Waals surface area contributed by atoms with Crippen LogP contribution >= 0.6 is 0 Å². The van der Waals surface area contributed by atoms with Crippen LogP contribution in [0.5, 0.6) is 5.75 Å². The topological polar surface area (TPSA) is 79.2 Å². The van der Waals surface area contributed by atoms with Crippen LogP contribution in [0.15, 0.2) is 53.4 Å². The molecule has 2 aromatic carbocycles. The Kier molecular flexibility index (Phi) is 5.54. The minimum absolute atomic E-state index is 0.164. The highest BCUT2D eigenvalue weighted by atomic mass is 32.2. The molecule has 0 atom stereocenters. The third-order valence-corrected chi connectivity index (χ3v) is 6.86. The van der Waals surface area contributed by atoms with E-state index in [1.807, 2.05) is 31.2 Å². The van der Waals surface area contributed by atoms with Crippen molar-refractivity contribution in [1.82, 2.24) is 4.72 Å². The van der Waals surface area contributed by atoms with Crippen molar-refractivity contribution in [3.63, 3.8) is 0 Å². The summed E-state index contributed by atoms with van der Waals surface area (Å²) in [7, 11) is -1.94. The number of benzene rings is 2. The number of rotatable bonds is 5. The molecule has 5 nitrogen and oxygen atoms in total. The molecule has 3 rings (SSSR count). The molecule has 142 valence electrons. The van der Waals surface area contributed by atoms with Gasteiger partial charge in [0, 0.05) is 6.04 Å². The van der Waals surface area contributed by atoms with E-state index >= 15 is 0 Å². The van der Waals surface area contributed by atoms with E-state index in [9.17, 15) is 13.7 Å². The van der Waals surface area contributed by atoms with Crippen LogP contribution in [0.3, 0.4) is 0 Å². The smallest absolute Gasteiger partial charge is 0.240 e. The summed E-state index contributed by atoms with van der Waals surface area (Å²) >= 11 is 0. The number of ether oxygens (including phenoxy) is 1. The van der Waals surface area contributed by atoms with E-state index in [4.69, 9.17) is 4.74 Å². The maximum absolute atomic E-state index is 12.6. The van der Waals surface area contributed by atoms with Gasteiger partial charge in [0.05, 0.1) is 23.5 Å². The van der Waals surface area contributed by atoms with Crippen molar-refractivity contribution < 1.29 is 13.2 Å². The van der Waals surface area contributed by atoms with Gasteiger partial charge in [-0.2, -0.15) is 5.26 Å². The molecule has 0 aliphatic heterocycles. The van der Waals surface area contributed by atoms with E-state index in [1.54, 1.807) is 31.4 Å². The quantitative estimate of drug-likeness (QED) is 0.853. The molecular weight excluding hydrogens is 360 g/mol. The number of nitriles is 1. The Morgan fingerprint density at radius 1 is 1.15 bits per heavy atom. The molecule has 0 spiro atoms. The zero-order chi connectivity index (χ0) is 19.5. The number of nitrogens with one attached hydrogen (secondary N) is 1. The van der Waals surface area contributed by atoms with Crippen molar-refractivity contribution in [1.29, 1.82) is 5.26 Å². The number of sulfonamides is 1. The summed E-state index contributed by atoms with van der Waals surface area (Å²) in [6, 6.07) is 16.7. The highest BCUT2D eigenvalue weighted by Gasteiger charge is 2.38. The van der Waals surface area contributed by atoms with Crippen LogP contribution < -0.4 is 9.46 Å². The zero-order valence-corrected chi connectivity index (χ0v) is 16.4. The van der Waals surface area contributed by atoms with Crippen LogP contribution in [-0.4, -0.2) is 21.6 Å². The Morgan fingerprint density at radius 2 is 1.81 bits per heavy atom. The molecule has 1 saturated carbocycles. The summed E-state index contributed by atoms with van der Waals surface area (Å²) in [5.74, 6) is 0.726. The zero-order valence-electron chi connectivity index (χ0n) is 15.6. The van der Waals surface area contributed by atoms with Crippen LogP contribution in [0.4, 0.5) is 0 Å². The van der Waals surface area contributed by atoms with E-state index in [-0.39, 0.29) is 10.9 Å². The lowest BCUT2D eigenvalue weighted by molar-refractivity contribution is 0.316. The highest BCUT2D eigenvalue weighted by molar-refractivity contribution is 7.89. The Hall–Kier alpha value is -2.36. The van der Waals surface area contributed by atoms with Crippen LogP contribution in [-0.2, 0) is 15.4 Å². The van der Waals surface area contributed by atoms with Crippen molar-refractivity contribution in [3.8, 4) is 11.8 Å². The Bertz CT molecular complexity index is 938. The molecule has 27 heavy (non-hydrogen) atoms. The summed E-state index contributed by atoms with van der Waals surface area (Å²) in [5.41, 5.74) is 1.35. The lowest BCUT2D eigenvalue weighted by Crippen LogP contribution is -2.41. The molecule has 0 unspecified atom stereocenters. The van der Waals surface area contributed by atoms with Crippen molar-refractivity contribution >= 4 is 10.0 Å². The standard InChI is InChI=1S/C21H24N2O3S/c1-16-6-8-20(9-7-16)27(24,25)23-18-10-12-21(15-22,13-11-18)17-4-3-5-19(14-17)26-2/h3-9,14,18,23H,10-13H2,1-2H3. The molecule has 1 N–H and O–H groups in total. The monoisotopic (exact) mass is 384 g/mol. The van der Waals surface area contributed by atoms with E-state index in [1.165, 1.54) is 0 Å². The second-order valence-electron chi connectivity index (χ2n) is 7.13. The fourth-order valence-electron chi connectivity index (χ4n) is 3.62. The molecule has 6 heteroatoms. The Labute approximate surface area is 161 Å². The maximum atomic E-state index is 12.6. The summed E-state index contributed by atoms with van der Waals surface area (Å²) in [6.07, 6.45) is 2.46. The van der Waals surface area contributed by atoms with Gasteiger partial charge < -0.3 is 4.74 Å².